The van der Waals surface area contributed by atoms with Gasteiger partial charge in [-0.3, -0.25) is 0 Å². The molecule has 0 spiro atoms. The quantitative estimate of drug-likeness (QED) is 0.385. The van der Waals surface area contributed by atoms with Crippen molar-refractivity contribution in [2.24, 2.45) is 4.99 Å². The maximum atomic E-state index is 14.1. The van der Waals surface area contributed by atoms with Gasteiger partial charge in [-0.15, -0.1) is 0 Å². The molecule has 150 valence electrons. The molecule has 0 fully saturated rings. The number of hydrogen-bond acceptors (Lipinski definition) is 2. The van der Waals surface area contributed by atoms with Crippen molar-refractivity contribution < 1.29 is 31.1 Å². The van der Waals surface area contributed by atoms with Crippen LogP contribution in [-0.2, 0) is 10.3 Å². The second kappa shape index (κ2) is 6.38. The van der Waals surface area contributed by atoms with Crippen LogP contribution in [0.4, 0.5) is 32.0 Å². The Hall–Kier alpha value is -2.74. The third-order valence-electron chi connectivity index (χ3n) is 4.60. The average Bonchev–Trinajstić information content (AvgIpc) is 2.65. The molecule has 1 aliphatic heterocycles. The number of benzene rings is 3. The van der Waals surface area contributed by atoms with Gasteiger partial charge in [-0.1, -0.05) is 48.0 Å². The molecule has 0 bridgehead atoms. The molecule has 3 aromatic carbocycles. The van der Waals surface area contributed by atoms with Gasteiger partial charge in [0.2, 0.25) is 5.90 Å². The number of fused-ring (bicyclic) bond motifs is 3. The molecule has 3 aromatic rings. The minimum absolute atomic E-state index is 0.103. The lowest BCUT2D eigenvalue weighted by Crippen LogP contribution is -2.58. The number of rotatable bonds is 1. The van der Waals surface area contributed by atoms with Gasteiger partial charge < -0.3 is 4.74 Å². The Morgan fingerprint density at radius 2 is 1.52 bits per heavy atom. The highest BCUT2D eigenvalue weighted by atomic mass is 35.5. The second-order valence-corrected chi connectivity index (χ2v) is 6.82. The van der Waals surface area contributed by atoms with Gasteiger partial charge in [0.15, 0.2) is 0 Å². The van der Waals surface area contributed by atoms with E-state index in [-0.39, 0.29) is 21.4 Å². The predicted molar refractivity (Wildman–Crippen MR) is 96.5 cm³/mol. The molecular formula is C20H10ClF6NO. The Balaban J connectivity index is 2.12. The first-order valence-corrected chi connectivity index (χ1v) is 8.62. The summed E-state index contributed by atoms with van der Waals surface area (Å²) in [5, 5.41) is 0.0744. The van der Waals surface area contributed by atoms with E-state index in [1.54, 1.807) is 0 Å². The number of alkyl halides is 6. The Morgan fingerprint density at radius 1 is 0.828 bits per heavy atom. The average molecular weight is 430 g/mol. The largest absolute Gasteiger partial charge is 0.446 e. The Labute approximate surface area is 165 Å². The molecule has 4 rings (SSSR count). The molecule has 0 saturated heterocycles. The monoisotopic (exact) mass is 429 g/mol. The molecule has 0 radical (unpaired) electrons. The highest BCUT2D eigenvalue weighted by molar-refractivity contribution is 6.31. The van der Waals surface area contributed by atoms with E-state index in [0.717, 1.165) is 6.07 Å². The smallest absolute Gasteiger partial charge is 0.442 e. The van der Waals surface area contributed by atoms with Crippen LogP contribution in [0, 0.1) is 0 Å². The van der Waals surface area contributed by atoms with Crippen molar-refractivity contribution in [2.45, 2.75) is 18.0 Å². The molecule has 0 N–H and O–H groups in total. The fourth-order valence-electron chi connectivity index (χ4n) is 3.36. The van der Waals surface area contributed by atoms with Gasteiger partial charge in [-0.25, -0.2) is 4.99 Å². The summed E-state index contributed by atoms with van der Waals surface area (Å²) < 4.78 is 89.6. The van der Waals surface area contributed by atoms with Crippen LogP contribution in [-0.4, -0.2) is 18.3 Å². The molecule has 0 saturated carbocycles. The van der Waals surface area contributed by atoms with Crippen LogP contribution >= 0.6 is 11.6 Å². The Bertz CT molecular complexity index is 1120. The first kappa shape index (κ1) is 19.6. The molecule has 0 aromatic heterocycles. The van der Waals surface area contributed by atoms with Gasteiger partial charge >= 0.3 is 18.0 Å². The van der Waals surface area contributed by atoms with E-state index in [1.165, 1.54) is 54.6 Å². The normalized spacial score (nSPS) is 16.2. The fraction of sp³-hybridized carbons (Fsp3) is 0.150. The third-order valence-corrected chi connectivity index (χ3v) is 4.84. The highest BCUT2D eigenvalue weighted by Gasteiger charge is 2.77. The van der Waals surface area contributed by atoms with Gasteiger partial charge in [-0.05, 0) is 35.0 Å². The van der Waals surface area contributed by atoms with Gasteiger partial charge in [0.05, 0.1) is 5.69 Å². The Morgan fingerprint density at radius 3 is 2.17 bits per heavy atom. The molecule has 0 aliphatic carbocycles. The summed E-state index contributed by atoms with van der Waals surface area (Å²) in [6.07, 6.45) is -11.6. The predicted octanol–water partition coefficient (Wildman–Crippen LogP) is 6.92. The minimum Gasteiger partial charge on any atom is -0.446 e. The van der Waals surface area contributed by atoms with Crippen LogP contribution in [0.25, 0.3) is 10.8 Å². The molecule has 0 amide bonds. The molecular weight excluding hydrogens is 420 g/mol. The summed E-state index contributed by atoms with van der Waals surface area (Å²) in [6, 6.07) is 13.3. The van der Waals surface area contributed by atoms with Crippen molar-refractivity contribution in [1.82, 2.24) is 0 Å². The van der Waals surface area contributed by atoms with E-state index in [9.17, 15) is 26.3 Å². The van der Waals surface area contributed by atoms with Gasteiger partial charge in [-0.2, -0.15) is 26.3 Å². The van der Waals surface area contributed by atoms with Crippen LogP contribution < -0.4 is 0 Å². The van der Waals surface area contributed by atoms with Crippen LogP contribution in [0.15, 0.2) is 65.7 Å². The summed E-state index contributed by atoms with van der Waals surface area (Å²) in [6.45, 7) is 0. The number of ether oxygens (including phenoxy) is 1. The zero-order valence-electron chi connectivity index (χ0n) is 14.3. The number of hydrogen-bond donors (Lipinski definition) is 0. The van der Waals surface area contributed by atoms with Gasteiger partial charge in [0, 0.05) is 16.1 Å². The van der Waals surface area contributed by atoms with Gasteiger partial charge in [0.1, 0.15) is 0 Å². The summed E-state index contributed by atoms with van der Waals surface area (Å²) in [7, 11) is 0. The summed E-state index contributed by atoms with van der Waals surface area (Å²) in [5.41, 5.74) is -6.24. The summed E-state index contributed by atoms with van der Waals surface area (Å²) in [5.74, 6) is -0.815. The number of aliphatic imine (C=N–C) groups is 1. The lowest BCUT2D eigenvalue weighted by Gasteiger charge is -2.41. The van der Waals surface area contributed by atoms with E-state index >= 15 is 0 Å². The van der Waals surface area contributed by atoms with Crippen LogP contribution in [0.1, 0.15) is 11.1 Å². The van der Waals surface area contributed by atoms with E-state index < -0.39 is 35.1 Å². The fourth-order valence-corrected chi connectivity index (χ4v) is 3.55. The molecule has 0 atom stereocenters. The molecule has 9 heteroatoms. The highest BCUT2D eigenvalue weighted by Crippen LogP contribution is 2.58. The maximum Gasteiger partial charge on any atom is 0.442 e. The minimum atomic E-state index is -5.82. The maximum absolute atomic E-state index is 14.1. The molecule has 1 heterocycles. The molecule has 29 heavy (non-hydrogen) atoms. The van der Waals surface area contributed by atoms with Crippen molar-refractivity contribution in [3.8, 4) is 0 Å². The first-order chi connectivity index (χ1) is 13.5. The SMILES string of the molecule is FC(F)(F)C1(C(F)(F)F)OC(c2cccc(Cl)c2)=Nc2ccc3ccccc3c21. The van der Waals surface area contributed by atoms with Crippen LogP contribution in [0.3, 0.4) is 0 Å². The van der Waals surface area contributed by atoms with Crippen molar-refractivity contribution in [2.75, 3.05) is 0 Å². The van der Waals surface area contributed by atoms with E-state index in [4.69, 9.17) is 16.3 Å². The Kier molecular flexibility index (Phi) is 4.31. The standard InChI is InChI=1S/C20H10ClF6NO/c21-13-6-3-5-12(10-13)17-28-15-9-8-11-4-1-2-7-14(11)16(15)18(29-17,19(22,23)24)20(25,26)27/h1-10H. The van der Waals surface area contributed by atoms with Crippen LogP contribution in [0.5, 0.6) is 0 Å². The zero-order chi connectivity index (χ0) is 21.0. The van der Waals surface area contributed by atoms with E-state index in [1.807, 2.05) is 0 Å². The topological polar surface area (TPSA) is 21.6 Å². The summed E-state index contributed by atoms with van der Waals surface area (Å²) in [4.78, 5) is 3.96. The van der Waals surface area contributed by atoms with E-state index in [2.05, 4.69) is 4.99 Å². The molecule has 0 unspecified atom stereocenters. The number of nitrogens with zero attached hydrogens (tertiary/aromatic N) is 1. The van der Waals surface area contributed by atoms with Crippen molar-refractivity contribution in [3.05, 3.63) is 76.8 Å². The van der Waals surface area contributed by atoms with Gasteiger partial charge in [0.25, 0.3) is 0 Å². The van der Waals surface area contributed by atoms with Crippen LogP contribution in [0.2, 0.25) is 5.02 Å². The first-order valence-electron chi connectivity index (χ1n) is 8.24. The number of halogens is 7. The van der Waals surface area contributed by atoms with E-state index in [0.29, 0.717) is 0 Å². The van der Waals surface area contributed by atoms with Crippen molar-refractivity contribution in [1.29, 1.82) is 0 Å². The second-order valence-electron chi connectivity index (χ2n) is 6.39. The third kappa shape index (κ3) is 2.93. The summed E-state index contributed by atoms with van der Waals surface area (Å²) >= 11 is 5.84. The lowest BCUT2D eigenvalue weighted by molar-refractivity contribution is -0.369. The zero-order valence-corrected chi connectivity index (χ0v) is 15.0. The molecule has 1 aliphatic rings. The van der Waals surface area contributed by atoms with Crippen molar-refractivity contribution in [3.63, 3.8) is 0 Å². The van der Waals surface area contributed by atoms with Crippen molar-refractivity contribution >= 4 is 34.0 Å². The lowest BCUT2D eigenvalue weighted by atomic mass is 9.85. The molecule has 2 nitrogen and oxygen atoms in total.